The molecule has 0 saturated carbocycles. The Morgan fingerprint density at radius 2 is 2.41 bits per heavy atom. The van der Waals surface area contributed by atoms with Crippen molar-refractivity contribution in [1.29, 1.82) is 0 Å². The highest BCUT2D eigenvalue weighted by Crippen LogP contribution is 2.25. The van der Waals surface area contributed by atoms with Gasteiger partial charge in [0.15, 0.2) is 0 Å². The van der Waals surface area contributed by atoms with Crippen LogP contribution in [0.4, 0.5) is 5.82 Å². The van der Waals surface area contributed by atoms with Crippen LogP contribution in [0.25, 0.3) is 0 Å². The van der Waals surface area contributed by atoms with Gasteiger partial charge >= 0.3 is 0 Å². The maximum Gasteiger partial charge on any atom is 0.133 e. The lowest BCUT2D eigenvalue weighted by molar-refractivity contribution is 0.0891. The van der Waals surface area contributed by atoms with Crippen molar-refractivity contribution in [2.45, 2.75) is 31.9 Å². The Bertz CT molecular complexity index is 367. The maximum atomic E-state index is 5.99. The van der Waals surface area contributed by atoms with E-state index in [1.54, 1.807) is 7.11 Å². The average Bonchev–Trinajstić information content (AvgIpc) is 2.39. The van der Waals surface area contributed by atoms with Crippen molar-refractivity contribution in [3.05, 3.63) is 23.9 Å². The molecule has 1 unspecified atom stereocenters. The van der Waals surface area contributed by atoms with Gasteiger partial charge in [-0.3, -0.25) is 0 Å². The van der Waals surface area contributed by atoms with Crippen LogP contribution in [0.5, 0.6) is 0 Å². The highest BCUT2D eigenvalue weighted by atomic mass is 16.5. The number of pyridine rings is 1. The van der Waals surface area contributed by atoms with E-state index >= 15 is 0 Å². The molecule has 1 aliphatic rings. The number of methoxy groups -OCH3 is 1. The Morgan fingerprint density at radius 1 is 1.59 bits per heavy atom. The van der Waals surface area contributed by atoms with Crippen molar-refractivity contribution in [3.8, 4) is 0 Å². The second kappa shape index (κ2) is 5.47. The maximum absolute atomic E-state index is 5.99. The molecule has 2 rings (SSSR count). The minimum absolute atomic E-state index is 0.0154. The number of hydrogen-bond donors (Lipinski definition) is 1. The third-order valence-electron chi connectivity index (χ3n) is 3.32. The summed E-state index contributed by atoms with van der Waals surface area (Å²) in [5.41, 5.74) is 7.11. The third-order valence-corrected chi connectivity index (χ3v) is 3.32. The summed E-state index contributed by atoms with van der Waals surface area (Å²) in [5.74, 6) is 1.02. The normalized spacial score (nSPS) is 22.5. The standard InChI is InChI=1S/C13H21N3O/c1-10(14)12-6-3-7-15-13(12)16-8-4-5-11(9-16)17-2/h3,6-7,10-11H,4-5,8-9,14H2,1-2H3/t10-,11?/m1/s1. The molecule has 0 spiro atoms. The summed E-state index contributed by atoms with van der Waals surface area (Å²) in [7, 11) is 1.78. The van der Waals surface area contributed by atoms with Crippen molar-refractivity contribution >= 4 is 5.82 Å². The highest BCUT2D eigenvalue weighted by molar-refractivity contribution is 5.48. The van der Waals surface area contributed by atoms with Gasteiger partial charge < -0.3 is 15.4 Å². The zero-order chi connectivity index (χ0) is 12.3. The lowest BCUT2D eigenvalue weighted by atomic mass is 10.1. The summed E-state index contributed by atoms with van der Waals surface area (Å²) >= 11 is 0. The van der Waals surface area contributed by atoms with E-state index in [-0.39, 0.29) is 6.04 Å². The molecular weight excluding hydrogens is 214 g/mol. The number of piperidine rings is 1. The second-order valence-electron chi connectivity index (χ2n) is 4.65. The van der Waals surface area contributed by atoms with Crippen LogP contribution in [0.15, 0.2) is 18.3 Å². The van der Waals surface area contributed by atoms with E-state index in [0.29, 0.717) is 6.10 Å². The first-order valence-corrected chi connectivity index (χ1v) is 6.20. The molecule has 1 aromatic rings. The molecule has 2 heterocycles. The van der Waals surface area contributed by atoms with Crippen LogP contribution in [0.1, 0.15) is 31.4 Å². The molecule has 17 heavy (non-hydrogen) atoms. The molecule has 2 atom stereocenters. The number of rotatable bonds is 3. The molecule has 0 bridgehead atoms. The van der Waals surface area contributed by atoms with Crippen LogP contribution in [-0.2, 0) is 4.74 Å². The van der Waals surface area contributed by atoms with E-state index in [9.17, 15) is 0 Å². The Morgan fingerprint density at radius 3 is 3.12 bits per heavy atom. The van der Waals surface area contributed by atoms with Gasteiger partial charge in [0.05, 0.1) is 6.10 Å². The Balaban J connectivity index is 2.21. The third kappa shape index (κ3) is 2.76. The molecule has 0 amide bonds. The summed E-state index contributed by atoms with van der Waals surface area (Å²) in [6.07, 6.45) is 4.42. The summed E-state index contributed by atoms with van der Waals surface area (Å²) < 4.78 is 5.44. The van der Waals surface area contributed by atoms with Crippen molar-refractivity contribution in [2.75, 3.05) is 25.1 Å². The Kier molecular flexibility index (Phi) is 3.97. The van der Waals surface area contributed by atoms with E-state index in [0.717, 1.165) is 37.3 Å². The number of nitrogens with two attached hydrogens (primary N) is 1. The molecule has 4 heteroatoms. The summed E-state index contributed by atoms with van der Waals surface area (Å²) in [5, 5.41) is 0. The van der Waals surface area contributed by atoms with Crippen molar-refractivity contribution < 1.29 is 4.74 Å². The smallest absolute Gasteiger partial charge is 0.133 e. The average molecular weight is 235 g/mol. The predicted octanol–water partition coefficient (Wildman–Crippen LogP) is 1.72. The van der Waals surface area contributed by atoms with E-state index < -0.39 is 0 Å². The molecule has 94 valence electrons. The summed E-state index contributed by atoms with van der Waals surface area (Å²) in [4.78, 5) is 6.77. The molecule has 1 aliphatic heterocycles. The minimum Gasteiger partial charge on any atom is -0.380 e. The van der Waals surface area contributed by atoms with E-state index in [2.05, 4.69) is 16.0 Å². The van der Waals surface area contributed by atoms with Gasteiger partial charge in [-0.1, -0.05) is 6.07 Å². The number of ether oxygens (including phenoxy) is 1. The quantitative estimate of drug-likeness (QED) is 0.866. The predicted molar refractivity (Wildman–Crippen MR) is 69.1 cm³/mol. The van der Waals surface area contributed by atoms with Gasteiger partial charge in [-0.25, -0.2) is 4.98 Å². The van der Waals surface area contributed by atoms with Crippen molar-refractivity contribution in [3.63, 3.8) is 0 Å². The fourth-order valence-electron chi connectivity index (χ4n) is 2.35. The molecule has 1 saturated heterocycles. The fraction of sp³-hybridized carbons (Fsp3) is 0.615. The SMILES string of the molecule is COC1CCCN(c2ncccc2[C@@H](C)N)C1. The molecule has 1 fully saturated rings. The molecule has 0 aromatic carbocycles. The first-order valence-electron chi connectivity index (χ1n) is 6.20. The zero-order valence-electron chi connectivity index (χ0n) is 10.6. The number of aromatic nitrogens is 1. The van der Waals surface area contributed by atoms with E-state index in [1.807, 2.05) is 19.2 Å². The highest BCUT2D eigenvalue weighted by Gasteiger charge is 2.22. The van der Waals surface area contributed by atoms with Crippen LogP contribution >= 0.6 is 0 Å². The Hall–Kier alpha value is -1.13. The number of hydrogen-bond acceptors (Lipinski definition) is 4. The molecular formula is C13H21N3O. The zero-order valence-corrected chi connectivity index (χ0v) is 10.6. The lowest BCUT2D eigenvalue weighted by Crippen LogP contribution is -2.40. The number of anilines is 1. The van der Waals surface area contributed by atoms with Gasteiger partial charge in [-0.05, 0) is 25.8 Å². The fourth-order valence-corrected chi connectivity index (χ4v) is 2.35. The molecule has 0 radical (unpaired) electrons. The monoisotopic (exact) mass is 235 g/mol. The minimum atomic E-state index is 0.0154. The van der Waals surface area contributed by atoms with Crippen molar-refractivity contribution in [1.82, 2.24) is 4.98 Å². The van der Waals surface area contributed by atoms with Crippen molar-refractivity contribution in [2.24, 2.45) is 5.73 Å². The van der Waals surface area contributed by atoms with Gasteiger partial charge in [0.25, 0.3) is 0 Å². The summed E-state index contributed by atoms with van der Waals surface area (Å²) in [6.45, 7) is 3.95. The molecule has 1 aromatic heterocycles. The van der Waals surface area contributed by atoms with Crippen LogP contribution in [-0.4, -0.2) is 31.3 Å². The second-order valence-corrected chi connectivity index (χ2v) is 4.65. The van der Waals surface area contributed by atoms with Gasteiger partial charge in [0, 0.05) is 38.0 Å². The lowest BCUT2D eigenvalue weighted by Gasteiger charge is -2.34. The number of nitrogens with zero attached hydrogens (tertiary/aromatic N) is 2. The van der Waals surface area contributed by atoms with Crippen LogP contribution in [0.2, 0.25) is 0 Å². The van der Waals surface area contributed by atoms with E-state index in [4.69, 9.17) is 10.5 Å². The van der Waals surface area contributed by atoms with Gasteiger partial charge in [-0.15, -0.1) is 0 Å². The van der Waals surface area contributed by atoms with Gasteiger partial charge in [-0.2, -0.15) is 0 Å². The topological polar surface area (TPSA) is 51.4 Å². The molecule has 4 nitrogen and oxygen atoms in total. The van der Waals surface area contributed by atoms with Gasteiger partial charge in [0.1, 0.15) is 5.82 Å². The van der Waals surface area contributed by atoms with Crippen LogP contribution in [0, 0.1) is 0 Å². The first kappa shape index (κ1) is 12.3. The van der Waals surface area contributed by atoms with Gasteiger partial charge in [0.2, 0.25) is 0 Å². The summed E-state index contributed by atoms with van der Waals surface area (Å²) in [6, 6.07) is 4.02. The van der Waals surface area contributed by atoms with Crippen LogP contribution < -0.4 is 10.6 Å². The molecule has 0 aliphatic carbocycles. The largest absolute Gasteiger partial charge is 0.380 e. The van der Waals surface area contributed by atoms with Crippen LogP contribution in [0.3, 0.4) is 0 Å². The molecule has 2 N–H and O–H groups in total. The Labute approximate surface area is 103 Å². The van der Waals surface area contributed by atoms with E-state index in [1.165, 1.54) is 0 Å². The first-order chi connectivity index (χ1) is 8.22.